The van der Waals surface area contributed by atoms with Gasteiger partial charge in [-0.2, -0.15) is 14.8 Å². The number of rotatable bonds is 3. The van der Waals surface area contributed by atoms with E-state index < -0.39 is 0 Å². The molecule has 0 fully saturated rings. The van der Waals surface area contributed by atoms with Gasteiger partial charge in [-0.1, -0.05) is 28.1 Å². The van der Waals surface area contributed by atoms with Crippen LogP contribution >= 0.6 is 15.9 Å². The molecule has 1 aliphatic heterocycles. The lowest BCUT2D eigenvalue weighted by Gasteiger charge is -2.21. The summed E-state index contributed by atoms with van der Waals surface area (Å²) in [6.45, 7) is 0.686. The molecule has 0 bridgehead atoms. The first-order chi connectivity index (χ1) is 11.8. The monoisotopic (exact) mass is 382 g/mol. The summed E-state index contributed by atoms with van der Waals surface area (Å²) in [5, 5.41) is 11.0. The van der Waals surface area contributed by atoms with E-state index in [-0.39, 0.29) is 0 Å². The summed E-state index contributed by atoms with van der Waals surface area (Å²) in [5.74, 6) is 1.57. The van der Waals surface area contributed by atoms with E-state index in [1.54, 1.807) is 23.4 Å². The second-order valence-corrected chi connectivity index (χ2v) is 6.44. The summed E-state index contributed by atoms with van der Waals surface area (Å²) in [6.07, 6.45) is 14.4. The van der Waals surface area contributed by atoms with Gasteiger partial charge in [0, 0.05) is 25.0 Å². The highest BCUT2D eigenvalue weighted by Crippen LogP contribution is 2.27. The number of fused-ring (bicyclic) bond motifs is 1. The Morgan fingerprint density at radius 2 is 2.12 bits per heavy atom. The van der Waals surface area contributed by atoms with Gasteiger partial charge in [0.25, 0.3) is 0 Å². The molecule has 0 saturated carbocycles. The number of nitrogens with one attached hydrogen (secondary N) is 2. The smallest absolute Gasteiger partial charge is 0.231 e. The summed E-state index contributed by atoms with van der Waals surface area (Å²) >= 11 is 3.57. The Labute approximate surface area is 147 Å². The average Bonchev–Trinajstić information content (AvgIpc) is 3.09. The molecule has 0 atom stereocenters. The van der Waals surface area contributed by atoms with Gasteiger partial charge in [0.2, 0.25) is 5.95 Å². The van der Waals surface area contributed by atoms with Crippen molar-refractivity contribution >= 4 is 27.7 Å². The first-order valence-corrected chi connectivity index (χ1v) is 8.38. The van der Waals surface area contributed by atoms with E-state index in [9.17, 15) is 0 Å². The van der Waals surface area contributed by atoms with Crippen molar-refractivity contribution in [3.05, 3.63) is 76.5 Å². The zero-order valence-corrected chi connectivity index (χ0v) is 14.4. The van der Waals surface area contributed by atoms with Crippen LogP contribution in [0.1, 0.15) is 12.0 Å². The minimum atomic E-state index is 0.686. The first-order valence-electron chi connectivity index (χ1n) is 7.58. The van der Waals surface area contributed by atoms with Crippen LogP contribution in [0.25, 0.3) is 5.82 Å². The highest BCUT2D eigenvalue weighted by Gasteiger charge is 2.18. The Morgan fingerprint density at radius 3 is 2.96 bits per heavy atom. The Morgan fingerprint density at radius 1 is 1.25 bits per heavy atom. The molecule has 2 N–H and O–H groups in total. The Kier molecular flexibility index (Phi) is 4.00. The standard InChI is InChI=1S/C17H15BrN6/c18-14-3-1-2-13(8-14)15-9-16(24-17(23-15)21-11-22-24)20-10-12-4-6-19-7-5-12/h1-2,4-9,11,20H,3,10H2,(H,21,22,23)/b15-13-. The third kappa shape index (κ3) is 3.03. The number of aromatic nitrogens is 4. The normalized spacial score (nSPS) is 19.2. The van der Waals surface area contributed by atoms with E-state index in [1.165, 1.54) is 0 Å². The Balaban J connectivity index is 1.66. The molecule has 7 heteroatoms. The highest BCUT2D eigenvalue weighted by molar-refractivity contribution is 9.11. The molecule has 2 aromatic heterocycles. The molecule has 0 saturated heterocycles. The lowest BCUT2D eigenvalue weighted by atomic mass is 10.1. The van der Waals surface area contributed by atoms with Crippen molar-refractivity contribution in [2.24, 2.45) is 0 Å². The van der Waals surface area contributed by atoms with Crippen LogP contribution in [0.5, 0.6) is 0 Å². The zero-order valence-electron chi connectivity index (χ0n) is 12.8. The molecular weight excluding hydrogens is 368 g/mol. The van der Waals surface area contributed by atoms with Gasteiger partial charge in [0.1, 0.15) is 12.1 Å². The van der Waals surface area contributed by atoms with Gasteiger partial charge < -0.3 is 10.6 Å². The van der Waals surface area contributed by atoms with Crippen molar-refractivity contribution in [2.75, 3.05) is 5.32 Å². The molecule has 2 aromatic rings. The van der Waals surface area contributed by atoms with Gasteiger partial charge >= 0.3 is 0 Å². The van der Waals surface area contributed by atoms with Crippen LogP contribution in [0.3, 0.4) is 0 Å². The molecule has 2 aliphatic rings. The van der Waals surface area contributed by atoms with E-state index >= 15 is 0 Å². The van der Waals surface area contributed by atoms with Gasteiger partial charge in [-0.05, 0) is 40.2 Å². The van der Waals surface area contributed by atoms with Gasteiger partial charge in [-0.25, -0.2) is 0 Å². The minimum absolute atomic E-state index is 0.686. The Bertz CT molecular complexity index is 875. The molecule has 120 valence electrons. The van der Waals surface area contributed by atoms with Gasteiger partial charge in [0.15, 0.2) is 0 Å². The molecule has 0 unspecified atom stereocenters. The molecule has 0 spiro atoms. The van der Waals surface area contributed by atoms with Crippen LogP contribution in [-0.2, 0) is 6.54 Å². The van der Waals surface area contributed by atoms with Crippen LogP contribution in [0.15, 0.2) is 70.9 Å². The van der Waals surface area contributed by atoms with E-state index in [0.717, 1.165) is 33.6 Å². The second-order valence-electron chi connectivity index (χ2n) is 5.43. The lowest BCUT2D eigenvalue weighted by Crippen LogP contribution is -2.24. The van der Waals surface area contributed by atoms with Crippen molar-refractivity contribution < 1.29 is 0 Å². The van der Waals surface area contributed by atoms with Crippen LogP contribution in [0, 0.1) is 0 Å². The van der Waals surface area contributed by atoms with E-state index in [4.69, 9.17) is 0 Å². The Hall–Kier alpha value is -2.67. The number of hydrogen-bond acceptors (Lipinski definition) is 5. The first kappa shape index (κ1) is 14.9. The number of allylic oxidation sites excluding steroid dienone is 6. The number of hydrogen-bond donors (Lipinski definition) is 2. The fourth-order valence-electron chi connectivity index (χ4n) is 2.57. The van der Waals surface area contributed by atoms with Crippen molar-refractivity contribution in [1.82, 2.24) is 25.1 Å². The number of pyridine rings is 1. The minimum Gasteiger partial charge on any atom is -0.366 e. The fraction of sp³-hybridized carbons (Fsp3) is 0.118. The molecule has 6 nitrogen and oxygen atoms in total. The summed E-state index contributed by atoms with van der Waals surface area (Å²) in [5.41, 5.74) is 3.24. The highest BCUT2D eigenvalue weighted by atomic mass is 79.9. The van der Waals surface area contributed by atoms with E-state index in [1.807, 2.05) is 18.2 Å². The number of halogens is 1. The van der Waals surface area contributed by atoms with E-state index in [2.05, 4.69) is 59.9 Å². The van der Waals surface area contributed by atoms with Crippen molar-refractivity contribution in [3.63, 3.8) is 0 Å². The molecule has 0 amide bonds. The van der Waals surface area contributed by atoms with Crippen LogP contribution in [0.2, 0.25) is 0 Å². The third-order valence-corrected chi connectivity index (χ3v) is 4.31. The molecule has 0 aromatic carbocycles. The number of anilines is 1. The molecular formula is C17H15BrN6. The average molecular weight is 383 g/mol. The van der Waals surface area contributed by atoms with Crippen molar-refractivity contribution in [1.29, 1.82) is 0 Å². The van der Waals surface area contributed by atoms with Gasteiger partial charge in [-0.3, -0.25) is 4.98 Å². The maximum Gasteiger partial charge on any atom is 0.231 e. The lowest BCUT2D eigenvalue weighted by molar-refractivity contribution is 0.766. The number of nitrogens with zero attached hydrogens (tertiary/aromatic N) is 4. The van der Waals surface area contributed by atoms with Gasteiger partial charge in [0.05, 0.1) is 5.70 Å². The molecule has 24 heavy (non-hydrogen) atoms. The topological polar surface area (TPSA) is 67.7 Å². The maximum absolute atomic E-state index is 4.29. The van der Waals surface area contributed by atoms with Gasteiger partial charge in [-0.15, -0.1) is 0 Å². The SMILES string of the molecule is BrC1=C/C(=C2/C=C(NCc3ccncc3)n3ncnc3N2)C=CC1. The maximum atomic E-state index is 4.29. The summed E-state index contributed by atoms with van der Waals surface area (Å²) in [7, 11) is 0. The largest absolute Gasteiger partial charge is 0.366 e. The fourth-order valence-corrected chi connectivity index (χ4v) is 3.01. The molecule has 3 heterocycles. The third-order valence-electron chi connectivity index (χ3n) is 3.76. The summed E-state index contributed by atoms with van der Waals surface area (Å²) in [6, 6.07) is 3.97. The predicted octanol–water partition coefficient (Wildman–Crippen LogP) is 3.18. The zero-order chi connectivity index (χ0) is 16.4. The summed E-state index contributed by atoms with van der Waals surface area (Å²) in [4.78, 5) is 8.33. The van der Waals surface area contributed by atoms with Crippen LogP contribution in [-0.4, -0.2) is 19.7 Å². The predicted molar refractivity (Wildman–Crippen MR) is 96.8 cm³/mol. The quantitative estimate of drug-likeness (QED) is 0.852. The van der Waals surface area contributed by atoms with Crippen LogP contribution in [0.4, 0.5) is 5.95 Å². The summed E-state index contributed by atoms with van der Waals surface area (Å²) < 4.78 is 2.91. The van der Waals surface area contributed by atoms with E-state index in [0.29, 0.717) is 12.5 Å². The molecule has 0 radical (unpaired) electrons. The van der Waals surface area contributed by atoms with Crippen LogP contribution < -0.4 is 10.6 Å². The molecule has 4 rings (SSSR count). The second kappa shape index (κ2) is 6.45. The van der Waals surface area contributed by atoms with Crippen molar-refractivity contribution in [2.45, 2.75) is 13.0 Å². The molecule has 1 aliphatic carbocycles. The van der Waals surface area contributed by atoms with Crippen molar-refractivity contribution in [3.8, 4) is 0 Å².